The van der Waals surface area contributed by atoms with Crippen molar-refractivity contribution in [3.8, 4) is 0 Å². The highest BCUT2D eigenvalue weighted by molar-refractivity contribution is 6.21. The molecule has 4 saturated heterocycles. The number of esters is 2. The van der Waals surface area contributed by atoms with E-state index in [1.165, 1.54) is 0 Å². The van der Waals surface area contributed by atoms with Crippen LogP contribution in [0.3, 0.4) is 0 Å². The summed E-state index contributed by atoms with van der Waals surface area (Å²) in [4.78, 5) is 78.5. The molecule has 364 valence electrons. The Labute approximate surface area is 420 Å². The number of carbonyl (C=O) groups is 5. The minimum atomic E-state index is -0.754. The second-order valence-electron chi connectivity index (χ2n) is 20.3. The van der Waals surface area contributed by atoms with Crippen LogP contribution in [0.1, 0.15) is 100 Å². The van der Waals surface area contributed by atoms with Crippen molar-refractivity contribution in [2.45, 2.75) is 90.8 Å². The number of aromatic nitrogens is 2. The van der Waals surface area contributed by atoms with Gasteiger partial charge in [0.1, 0.15) is 12.1 Å². The molecule has 4 atom stereocenters. The molecule has 2 aromatic heterocycles. The number of ether oxygens (including phenoxy) is 2. The van der Waals surface area contributed by atoms with Crippen LogP contribution in [0.25, 0.3) is 11.1 Å². The third kappa shape index (κ3) is 9.46. The molecule has 0 aliphatic carbocycles. The molecule has 11 heteroatoms. The second kappa shape index (κ2) is 20.4. The molecule has 0 spiro atoms. The number of fused-ring (bicyclic) bond motifs is 2. The number of pyridine rings is 2. The number of benzene rings is 4. The fourth-order valence-electron chi connectivity index (χ4n) is 10.8. The lowest BCUT2D eigenvalue weighted by Gasteiger charge is -2.42. The first-order valence-electron chi connectivity index (χ1n) is 24.4. The lowest BCUT2D eigenvalue weighted by Crippen LogP contribution is -2.58. The monoisotopic (exact) mass is 958 g/mol. The van der Waals surface area contributed by atoms with E-state index in [9.17, 15) is 24.0 Å². The predicted molar refractivity (Wildman–Crippen MR) is 275 cm³/mol. The molecule has 11 nitrogen and oxygen atoms in total. The van der Waals surface area contributed by atoms with Crippen molar-refractivity contribution in [2.75, 3.05) is 0 Å². The van der Waals surface area contributed by atoms with Gasteiger partial charge < -0.3 is 19.3 Å². The molecule has 0 N–H and O–H groups in total. The van der Waals surface area contributed by atoms with E-state index in [4.69, 9.17) is 9.47 Å². The minimum Gasteiger partial charge on any atom is -0.451 e. The number of hydrogen-bond acceptors (Lipinski definition) is 9. The zero-order chi connectivity index (χ0) is 50.7. The molecule has 4 aliphatic rings. The van der Waals surface area contributed by atoms with Crippen LogP contribution in [0.5, 0.6) is 0 Å². The van der Waals surface area contributed by atoms with Crippen LogP contribution in [0.4, 0.5) is 0 Å². The molecule has 6 heterocycles. The van der Waals surface area contributed by atoms with Crippen LogP contribution >= 0.6 is 0 Å². The van der Waals surface area contributed by atoms with E-state index in [-0.39, 0.29) is 35.4 Å². The molecule has 0 radical (unpaired) electrons. The van der Waals surface area contributed by atoms with Gasteiger partial charge in [-0.05, 0) is 84.0 Å². The highest BCUT2D eigenvalue weighted by Gasteiger charge is 2.63. The standard InChI is InChI=1S/C32H32N2O3.C29H26N2O4/c1-21(2)19-24(25-17-11-12-18-33-25)27-26-20-32(3,4)29(34(26)30(27)35)31(36)37-28(22-13-7-5-8-14-22)23-15-9-6-10-16-23;1-29(2)17-23-24(21(18-32)22-15-9-10-16-30-22)27(33)31(23)26(29)28(34)35-25(19-11-5-3-6-12-19)20-13-7-4-8-14-20/h5-19,26,28-29H,20H2,1-4H3;3-16,18,23,25-26H,17H2,1-2H3/b27-24+;24-21+/t26?,29-;23?,26-/m00/s1. The van der Waals surface area contributed by atoms with Crippen LogP contribution in [-0.4, -0.2) is 74.0 Å². The molecule has 0 bridgehead atoms. The summed E-state index contributed by atoms with van der Waals surface area (Å²) in [7, 11) is 0. The SMILES string of the molecule is CC(C)=C/C(=C1\C(=O)N2C1CC(C)(C)[C@@H]2C(=O)OC(c1ccccc1)c1ccccc1)c1ccccn1.CC1(C)CC2/C(=C(/C=O)c3ccccn3)C(=O)N2[C@H]1C(=O)OC(c1ccccc1)c1ccccc1. The van der Waals surface area contributed by atoms with Crippen molar-refractivity contribution >= 4 is 41.2 Å². The maximum atomic E-state index is 13.8. The number of nitrogens with zero attached hydrogens (tertiary/aromatic N) is 4. The highest BCUT2D eigenvalue weighted by Crippen LogP contribution is 2.53. The van der Waals surface area contributed by atoms with Crippen LogP contribution in [0.15, 0.2) is 193 Å². The van der Waals surface area contributed by atoms with Gasteiger partial charge in [0.2, 0.25) is 0 Å². The molecular weight excluding hydrogens is 901 g/mol. The number of aldehydes is 1. The average molecular weight is 959 g/mol. The number of hydrogen-bond donors (Lipinski definition) is 0. The summed E-state index contributed by atoms with van der Waals surface area (Å²) in [6.07, 6.45) is 6.13. The van der Waals surface area contributed by atoms with Gasteiger partial charge in [-0.1, -0.05) is 173 Å². The van der Waals surface area contributed by atoms with E-state index in [0.717, 1.165) is 44.7 Å². The van der Waals surface area contributed by atoms with Gasteiger partial charge >= 0.3 is 11.9 Å². The Bertz CT molecular complexity index is 2980. The summed E-state index contributed by atoms with van der Waals surface area (Å²) >= 11 is 0. The van der Waals surface area contributed by atoms with Crippen molar-refractivity contribution in [2.24, 2.45) is 10.8 Å². The number of amides is 2. The second-order valence-corrected chi connectivity index (χ2v) is 20.3. The first-order chi connectivity index (χ1) is 34.7. The van der Waals surface area contributed by atoms with E-state index in [2.05, 4.69) is 9.97 Å². The Morgan fingerprint density at radius 3 is 1.18 bits per heavy atom. The summed E-state index contributed by atoms with van der Waals surface area (Å²) in [6.45, 7) is 12.0. The van der Waals surface area contributed by atoms with Crippen LogP contribution in [-0.2, 0) is 33.4 Å². The summed E-state index contributed by atoms with van der Waals surface area (Å²) in [5.41, 5.74) is 7.10. The normalized spacial score (nSPS) is 21.5. The molecule has 10 rings (SSSR count). The molecule has 6 aromatic rings. The van der Waals surface area contributed by atoms with Gasteiger partial charge in [-0.15, -0.1) is 0 Å². The molecule has 2 unspecified atom stereocenters. The van der Waals surface area contributed by atoms with E-state index in [1.807, 2.05) is 187 Å². The van der Waals surface area contributed by atoms with Gasteiger partial charge in [0.25, 0.3) is 11.8 Å². The third-order valence-electron chi connectivity index (χ3n) is 14.1. The Balaban J connectivity index is 0.000000178. The van der Waals surface area contributed by atoms with Crippen molar-refractivity contribution in [3.63, 3.8) is 0 Å². The highest BCUT2D eigenvalue weighted by atomic mass is 16.6. The fraction of sp³-hybridized carbons (Fsp3) is 0.262. The van der Waals surface area contributed by atoms with E-state index >= 15 is 0 Å². The van der Waals surface area contributed by atoms with Crippen LogP contribution in [0, 0.1) is 10.8 Å². The van der Waals surface area contributed by atoms with Crippen LogP contribution in [0.2, 0.25) is 0 Å². The van der Waals surface area contributed by atoms with Gasteiger partial charge in [-0.3, -0.25) is 24.4 Å². The van der Waals surface area contributed by atoms with Crippen molar-refractivity contribution in [3.05, 3.63) is 227 Å². The van der Waals surface area contributed by atoms with Gasteiger partial charge in [-0.25, -0.2) is 9.59 Å². The van der Waals surface area contributed by atoms with E-state index < -0.39 is 41.1 Å². The molecule has 0 saturated carbocycles. The first-order valence-corrected chi connectivity index (χ1v) is 24.4. The van der Waals surface area contributed by atoms with Gasteiger partial charge in [0.05, 0.1) is 34.6 Å². The van der Waals surface area contributed by atoms with E-state index in [1.54, 1.807) is 40.4 Å². The Morgan fingerprint density at radius 1 is 0.528 bits per heavy atom. The summed E-state index contributed by atoms with van der Waals surface area (Å²) in [6, 6.07) is 47.7. The number of β-lactam (4-membered cyclic amide) rings is 2. The molecule has 2 amide bonds. The Morgan fingerprint density at radius 2 is 0.861 bits per heavy atom. The molecule has 72 heavy (non-hydrogen) atoms. The van der Waals surface area contributed by atoms with E-state index in [0.29, 0.717) is 30.4 Å². The van der Waals surface area contributed by atoms with Gasteiger partial charge in [0.15, 0.2) is 18.5 Å². The van der Waals surface area contributed by atoms with Crippen molar-refractivity contribution < 1.29 is 33.4 Å². The largest absolute Gasteiger partial charge is 0.451 e. The molecule has 4 aliphatic heterocycles. The molecule has 4 aromatic carbocycles. The third-order valence-corrected chi connectivity index (χ3v) is 14.1. The predicted octanol–water partition coefficient (Wildman–Crippen LogP) is 10.5. The molecular formula is C61H58N4O7. The smallest absolute Gasteiger partial charge is 0.330 e. The van der Waals surface area contributed by atoms with Gasteiger partial charge in [0, 0.05) is 23.5 Å². The lowest BCUT2D eigenvalue weighted by atomic mass is 9.82. The average Bonchev–Trinajstić information content (AvgIpc) is 3.80. The lowest BCUT2D eigenvalue weighted by molar-refractivity contribution is -0.162. The summed E-state index contributed by atoms with van der Waals surface area (Å²) < 4.78 is 12.3. The topological polar surface area (TPSA) is 136 Å². The number of allylic oxidation sites excluding steroid dienone is 4. The Hall–Kier alpha value is -8.05. The summed E-state index contributed by atoms with van der Waals surface area (Å²) in [5.74, 6) is -1.26. The van der Waals surface area contributed by atoms with Crippen molar-refractivity contribution in [1.29, 1.82) is 0 Å². The maximum Gasteiger partial charge on any atom is 0.330 e. The maximum absolute atomic E-state index is 13.8. The van der Waals surface area contributed by atoms with Crippen LogP contribution < -0.4 is 0 Å². The number of rotatable bonds is 12. The van der Waals surface area contributed by atoms with Crippen molar-refractivity contribution in [1.82, 2.24) is 19.8 Å². The minimum absolute atomic E-state index is 0.119. The zero-order valence-electron chi connectivity index (χ0n) is 41.3. The quantitative estimate of drug-likeness (QED) is 0.0508. The first kappa shape index (κ1) is 49.0. The zero-order valence-corrected chi connectivity index (χ0v) is 41.3. The van der Waals surface area contributed by atoms with Gasteiger partial charge in [-0.2, -0.15) is 0 Å². The Kier molecular flexibility index (Phi) is 13.8. The summed E-state index contributed by atoms with van der Waals surface area (Å²) in [5, 5.41) is 0. The number of carbonyl (C=O) groups excluding carboxylic acids is 5. The molecule has 4 fully saturated rings. The fourth-order valence-corrected chi connectivity index (χ4v) is 10.8.